The third-order valence-corrected chi connectivity index (χ3v) is 3.56. The molecule has 0 fully saturated rings. The summed E-state index contributed by atoms with van der Waals surface area (Å²) in [6.07, 6.45) is 0.404. The first-order valence-corrected chi connectivity index (χ1v) is 7.19. The number of aldehydes is 1. The van der Waals surface area contributed by atoms with Crippen molar-refractivity contribution in [1.82, 2.24) is 4.90 Å². The van der Waals surface area contributed by atoms with Crippen molar-refractivity contribution in [1.29, 1.82) is 0 Å². The summed E-state index contributed by atoms with van der Waals surface area (Å²) < 4.78 is 0. The predicted molar refractivity (Wildman–Crippen MR) is 89.3 cm³/mol. The molecule has 0 amide bonds. The lowest BCUT2D eigenvalue weighted by atomic mass is 10.1. The quantitative estimate of drug-likeness (QED) is 0.340. The van der Waals surface area contributed by atoms with Gasteiger partial charge in [-0.2, -0.15) is 0 Å². The average Bonchev–Trinajstić information content (AvgIpc) is 2.55. The molecule has 23 heavy (non-hydrogen) atoms. The molecule has 1 atom stereocenters. The van der Waals surface area contributed by atoms with Gasteiger partial charge in [0.1, 0.15) is 6.17 Å². The van der Waals surface area contributed by atoms with Crippen molar-refractivity contribution in [2.75, 3.05) is 19.0 Å². The number of rotatable bonds is 7. The maximum Gasteiger partial charge on any atom is 0.269 e. The summed E-state index contributed by atoms with van der Waals surface area (Å²) in [5.74, 6) is 0. The number of hydrogen-bond acceptors (Lipinski definition) is 5. The number of benzene rings is 2. The van der Waals surface area contributed by atoms with E-state index in [0.29, 0.717) is 6.54 Å². The van der Waals surface area contributed by atoms with Crippen molar-refractivity contribution in [3.63, 3.8) is 0 Å². The van der Waals surface area contributed by atoms with Crippen LogP contribution in [0.15, 0.2) is 54.6 Å². The lowest BCUT2D eigenvalue weighted by Crippen LogP contribution is -2.46. The Morgan fingerprint density at radius 1 is 1.09 bits per heavy atom. The molecule has 0 heterocycles. The second kappa shape index (κ2) is 7.51. The number of anilines is 1. The first-order valence-electron chi connectivity index (χ1n) is 7.19. The van der Waals surface area contributed by atoms with Gasteiger partial charge in [0.2, 0.25) is 0 Å². The monoisotopic (exact) mass is 313 g/mol. The van der Waals surface area contributed by atoms with Crippen LogP contribution >= 0.6 is 0 Å². The number of nitro benzene ring substituents is 1. The Hall–Kier alpha value is -2.73. The van der Waals surface area contributed by atoms with Crippen molar-refractivity contribution in [2.45, 2.75) is 12.7 Å². The summed E-state index contributed by atoms with van der Waals surface area (Å²) in [5.41, 5.74) is 1.84. The zero-order valence-corrected chi connectivity index (χ0v) is 13.1. The van der Waals surface area contributed by atoms with Gasteiger partial charge in [0.15, 0.2) is 6.29 Å². The van der Waals surface area contributed by atoms with E-state index in [9.17, 15) is 14.9 Å². The van der Waals surface area contributed by atoms with Gasteiger partial charge in [0.25, 0.3) is 5.69 Å². The molecule has 0 saturated carbocycles. The van der Waals surface area contributed by atoms with Crippen LogP contribution in [0, 0.1) is 10.1 Å². The normalized spacial score (nSPS) is 12.0. The first kappa shape index (κ1) is 16.6. The number of hydrogen-bond donors (Lipinski definition) is 0. The molecule has 0 aliphatic carbocycles. The minimum atomic E-state index is -0.461. The van der Waals surface area contributed by atoms with Gasteiger partial charge in [-0.15, -0.1) is 0 Å². The van der Waals surface area contributed by atoms with Crippen molar-refractivity contribution >= 4 is 17.7 Å². The zero-order chi connectivity index (χ0) is 16.8. The molecule has 0 spiro atoms. The van der Waals surface area contributed by atoms with Gasteiger partial charge in [-0.3, -0.25) is 19.8 Å². The minimum Gasteiger partial charge on any atom is -0.345 e. The smallest absolute Gasteiger partial charge is 0.269 e. The van der Waals surface area contributed by atoms with Crippen molar-refractivity contribution in [2.24, 2.45) is 0 Å². The molecule has 2 rings (SSSR count). The number of carbonyl (C=O) groups excluding carboxylic acids is 1. The van der Waals surface area contributed by atoms with E-state index in [0.717, 1.165) is 17.5 Å². The summed E-state index contributed by atoms with van der Waals surface area (Å²) in [4.78, 5) is 25.6. The van der Waals surface area contributed by atoms with Gasteiger partial charge >= 0.3 is 0 Å². The third kappa shape index (κ3) is 4.14. The number of nitrogens with zero attached hydrogens (tertiary/aromatic N) is 3. The Balaban J connectivity index is 2.35. The summed E-state index contributed by atoms with van der Waals surface area (Å²) in [6, 6.07) is 16.0. The van der Waals surface area contributed by atoms with E-state index in [1.807, 2.05) is 49.3 Å². The molecule has 120 valence electrons. The molecule has 0 aliphatic rings. The summed E-state index contributed by atoms with van der Waals surface area (Å²) in [6.45, 7) is 0.528. The fraction of sp³-hybridized carbons (Fsp3) is 0.235. The van der Waals surface area contributed by atoms with Crippen LogP contribution in [0.25, 0.3) is 0 Å². The number of nitro groups is 1. The molecule has 0 radical (unpaired) electrons. The minimum absolute atomic E-state index is 0.0286. The fourth-order valence-corrected chi connectivity index (χ4v) is 2.36. The van der Waals surface area contributed by atoms with Crippen molar-refractivity contribution < 1.29 is 9.72 Å². The van der Waals surface area contributed by atoms with E-state index in [1.165, 1.54) is 12.1 Å². The average molecular weight is 313 g/mol. The van der Waals surface area contributed by atoms with Gasteiger partial charge in [-0.1, -0.05) is 30.3 Å². The molecule has 0 aromatic heterocycles. The Kier molecular flexibility index (Phi) is 5.43. The SMILES string of the molecule is CN(C)C(C=O)N(Cc1ccccc1)c1ccc([N+](=O)[O-])cc1. The van der Waals surface area contributed by atoms with Crippen LogP contribution in [-0.4, -0.2) is 36.4 Å². The van der Waals surface area contributed by atoms with Gasteiger partial charge in [0, 0.05) is 24.4 Å². The highest BCUT2D eigenvalue weighted by Crippen LogP contribution is 2.23. The van der Waals surface area contributed by atoms with E-state index in [-0.39, 0.29) is 5.69 Å². The first-order chi connectivity index (χ1) is 11.0. The van der Waals surface area contributed by atoms with Crippen LogP contribution in [0.5, 0.6) is 0 Å². The van der Waals surface area contributed by atoms with Crippen molar-refractivity contribution in [3.8, 4) is 0 Å². The molecule has 2 aromatic rings. The number of likely N-dealkylation sites (N-methyl/N-ethyl adjacent to an activating group) is 1. The van der Waals surface area contributed by atoms with Crippen LogP contribution in [0.4, 0.5) is 11.4 Å². The second-order valence-electron chi connectivity index (χ2n) is 5.40. The zero-order valence-electron chi connectivity index (χ0n) is 13.1. The highest BCUT2D eigenvalue weighted by atomic mass is 16.6. The van der Waals surface area contributed by atoms with Gasteiger partial charge < -0.3 is 4.90 Å². The Morgan fingerprint density at radius 2 is 1.70 bits per heavy atom. The highest BCUT2D eigenvalue weighted by Gasteiger charge is 2.21. The molecular formula is C17H19N3O3. The van der Waals surface area contributed by atoms with Crippen LogP contribution in [-0.2, 0) is 11.3 Å². The molecule has 0 saturated heterocycles. The number of carbonyl (C=O) groups is 1. The largest absolute Gasteiger partial charge is 0.345 e. The second-order valence-corrected chi connectivity index (χ2v) is 5.40. The van der Waals surface area contributed by atoms with Crippen LogP contribution in [0.2, 0.25) is 0 Å². The van der Waals surface area contributed by atoms with Gasteiger partial charge in [-0.05, 0) is 31.8 Å². The summed E-state index contributed by atoms with van der Waals surface area (Å²) >= 11 is 0. The molecule has 0 bridgehead atoms. The molecule has 6 nitrogen and oxygen atoms in total. The molecular weight excluding hydrogens is 294 g/mol. The maximum atomic E-state index is 11.5. The predicted octanol–water partition coefficient (Wildman–Crippen LogP) is 2.69. The van der Waals surface area contributed by atoms with E-state index >= 15 is 0 Å². The van der Waals surface area contributed by atoms with E-state index in [1.54, 1.807) is 17.0 Å². The standard InChI is InChI=1S/C17H19N3O3/c1-18(2)17(13-21)19(12-14-6-4-3-5-7-14)15-8-10-16(11-9-15)20(22)23/h3-11,13,17H,12H2,1-2H3. The lowest BCUT2D eigenvalue weighted by molar-refractivity contribution is -0.384. The molecule has 6 heteroatoms. The van der Waals surface area contributed by atoms with E-state index in [2.05, 4.69) is 0 Å². The molecule has 0 aliphatic heterocycles. The summed E-state index contributed by atoms with van der Waals surface area (Å²) in [7, 11) is 3.64. The Labute approximate surface area is 135 Å². The van der Waals surface area contributed by atoms with Gasteiger partial charge in [-0.25, -0.2) is 0 Å². The van der Waals surface area contributed by atoms with Crippen LogP contribution < -0.4 is 4.90 Å². The lowest BCUT2D eigenvalue weighted by Gasteiger charge is -2.34. The topological polar surface area (TPSA) is 66.7 Å². The highest BCUT2D eigenvalue weighted by molar-refractivity contribution is 5.66. The molecule has 0 N–H and O–H groups in total. The van der Waals surface area contributed by atoms with Crippen LogP contribution in [0.1, 0.15) is 5.56 Å². The van der Waals surface area contributed by atoms with Crippen molar-refractivity contribution in [3.05, 3.63) is 70.3 Å². The third-order valence-electron chi connectivity index (χ3n) is 3.56. The van der Waals surface area contributed by atoms with E-state index in [4.69, 9.17) is 0 Å². The van der Waals surface area contributed by atoms with Crippen LogP contribution in [0.3, 0.4) is 0 Å². The van der Waals surface area contributed by atoms with E-state index < -0.39 is 11.1 Å². The molecule has 1 unspecified atom stereocenters. The maximum absolute atomic E-state index is 11.5. The Morgan fingerprint density at radius 3 is 2.17 bits per heavy atom. The van der Waals surface area contributed by atoms with Gasteiger partial charge in [0.05, 0.1) is 4.92 Å². The molecule has 2 aromatic carbocycles. The number of non-ortho nitro benzene ring substituents is 1. The fourth-order valence-electron chi connectivity index (χ4n) is 2.36. The Bertz CT molecular complexity index is 657. The summed E-state index contributed by atoms with van der Waals surface area (Å²) in [5, 5.41) is 10.8.